The Labute approximate surface area is 163 Å². The van der Waals surface area contributed by atoms with Gasteiger partial charge >= 0.3 is 0 Å². The Bertz CT molecular complexity index is 366. The normalized spacial score (nSPS) is 41.3. The maximum atomic E-state index is 9.89. The van der Waals surface area contributed by atoms with Gasteiger partial charge in [0.2, 0.25) is 7.66 Å². The molecule has 4 saturated carbocycles. The Kier molecular flexibility index (Phi) is 11.9. The highest BCUT2D eigenvalue weighted by molar-refractivity contribution is 8.33. The average Bonchev–Trinajstić information content (AvgIpc) is 3.14. The van der Waals surface area contributed by atoms with Crippen molar-refractivity contribution in [2.24, 2.45) is 35.5 Å². The Balaban J connectivity index is 0.000000397. The molecule has 0 bridgehead atoms. The molecule has 2 nitrogen and oxygen atoms in total. The van der Waals surface area contributed by atoms with Crippen LogP contribution in [0, 0.1) is 35.5 Å². The third kappa shape index (κ3) is 5.94. The third-order valence-corrected chi connectivity index (χ3v) is 7.12. The maximum absolute atomic E-state index is 9.89. The van der Waals surface area contributed by atoms with Crippen molar-refractivity contribution in [3.63, 3.8) is 0 Å². The Hall–Kier alpha value is 0.410. The molecule has 0 aromatic heterocycles. The molecule has 25 heavy (non-hydrogen) atoms. The predicted molar refractivity (Wildman–Crippen MR) is 112 cm³/mol. The van der Waals surface area contributed by atoms with E-state index >= 15 is 0 Å². The van der Waals surface area contributed by atoms with Gasteiger partial charge < -0.3 is 5.11 Å². The highest BCUT2D eigenvalue weighted by Crippen LogP contribution is 2.57. The molecule has 0 aromatic rings. The van der Waals surface area contributed by atoms with Gasteiger partial charge in [-0.25, -0.2) is 0 Å². The van der Waals surface area contributed by atoms with Crippen LogP contribution in [-0.4, -0.2) is 11.2 Å². The van der Waals surface area contributed by atoms with Crippen molar-refractivity contribution in [3.05, 3.63) is 0 Å². The minimum absolute atomic E-state index is 0.0330. The van der Waals surface area contributed by atoms with Gasteiger partial charge in [-0.3, -0.25) is 4.57 Å². The number of hydrogen-bond donors (Lipinski definition) is 2. The minimum atomic E-state index is -0.139. The molecule has 4 fully saturated rings. The van der Waals surface area contributed by atoms with Crippen LogP contribution in [0.5, 0.6) is 0 Å². The van der Waals surface area contributed by atoms with Gasteiger partial charge in [0.15, 0.2) is 0 Å². The minimum Gasteiger partial charge on any atom is -0.393 e. The van der Waals surface area contributed by atoms with Crippen LogP contribution in [0.2, 0.25) is 0 Å². The van der Waals surface area contributed by atoms with Crippen molar-refractivity contribution in [2.45, 2.75) is 98.0 Å². The van der Waals surface area contributed by atoms with Crippen LogP contribution in [-0.2, 0) is 4.57 Å². The smallest absolute Gasteiger partial charge is 0.223 e. The Morgan fingerprint density at radius 2 is 1.20 bits per heavy atom. The summed E-state index contributed by atoms with van der Waals surface area (Å²) in [6.07, 6.45) is 14.2. The fraction of sp³-hybridized carbons (Fsp3) is 1.00. The largest absolute Gasteiger partial charge is 0.393 e. The lowest BCUT2D eigenvalue weighted by Crippen LogP contribution is -2.45. The molecular weight excluding hydrogens is 347 g/mol. The first-order valence-electron chi connectivity index (χ1n) is 10.9. The van der Waals surface area contributed by atoms with Gasteiger partial charge in [-0.1, -0.05) is 52.8 Å². The highest BCUT2D eigenvalue weighted by Gasteiger charge is 2.49. The van der Waals surface area contributed by atoms with E-state index in [2.05, 4.69) is 12.2 Å². The summed E-state index contributed by atoms with van der Waals surface area (Å²) in [5.41, 5.74) is 0. The van der Waals surface area contributed by atoms with E-state index in [0.29, 0.717) is 0 Å². The summed E-state index contributed by atoms with van der Waals surface area (Å²) in [7, 11) is -0.139. The predicted octanol–water partition coefficient (Wildman–Crippen LogP) is 7.18. The SMILES string of the molecule is CC.CC.O=PS.OC1CCC2C(CCC3C4CCCC4CCC23)C1. The van der Waals surface area contributed by atoms with Crippen molar-refractivity contribution < 1.29 is 9.67 Å². The molecular formula is C21H41O2PS. The van der Waals surface area contributed by atoms with E-state index in [1.165, 1.54) is 38.5 Å². The fourth-order valence-corrected chi connectivity index (χ4v) is 6.45. The molecule has 1 N–H and O–H groups in total. The molecule has 7 atom stereocenters. The van der Waals surface area contributed by atoms with Crippen LogP contribution >= 0.6 is 19.9 Å². The zero-order valence-electron chi connectivity index (χ0n) is 16.9. The van der Waals surface area contributed by atoms with Gasteiger partial charge in [0, 0.05) is 0 Å². The lowest BCUT2D eigenvalue weighted by Gasteiger charge is -2.52. The van der Waals surface area contributed by atoms with Crippen LogP contribution in [0.25, 0.3) is 0 Å². The van der Waals surface area contributed by atoms with E-state index in [-0.39, 0.29) is 13.8 Å². The Morgan fingerprint density at radius 1 is 0.720 bits per heavy atom. The second kappa shape index (κ2) is 12.7. The zero-order valence-corrected chi connectivity index (χ0v) is 18.7. The lowest BCUT2D eigenvalue weighted by molar-refractivity contribution is -0.0457. The first kappa shape index (κ1) is 23.4. The molecule has 4 aliphatic rings. The van der Waals surface area contributed by atoms with E-state index in [4.69, 9.17) is 4.57 Å². The van der Waals surface area contributed by atoms with Crippen molar-refractivity contribution in [3.8, 4) is 0 Å². The molecule has 0 heterocycles. The molecule has 0 amide bonds. The van der Waals surface area contributed by atoms with E-state index in [9.17, 15) is 5.11 Å². The van der Waals surface area contributed by atoms with E-state index in [1.54, 1.807) is 12.8 Å². The van der Waals surface area contributed by atoms with Crippen molar-refractivity contribution in [2.75, 3.05) is 0 Å². The second-order valence-corrected chi connectivity index (χ2v) is 8.46. The number of aliphatic hydroxyl groups excluding tert-OH is 1. The van der Waals surface area contributed by atoms with Gasteiger partial charge in [-0.05, 0) is 86.9 Å². The quantitative estimate of drug-likeness (QED) is 0.341. The number of aliphatic hydroxyl groups is 1. The first-order valence-corrected chi connectivity index (χ1v) is 12.9. The molecule has 0 spiro atoms. The second-order valence-electron chi connectivity index (χ2n) is 7.81. The van der Waals surface area contributed by atoms with Crippen LogP contribution in [0.4, 0.5) is 0 Å². The van der Waals surface area contributed by atoms with Crippen molar-refractivity contribution >= 4 is 19.9 Å². The van der Waals surface area contributed by atoms with Crippen LogP contribution < -0.4 is 0 Å². The van der Waals surface area contributed by atoms with Crippen LogP contribution in [0.1, 0.15) is 91.9 Å². The fourth-order valence-electron chi connectivity index (χ4n) is 6.45. The third-order valence-electron chi connectivity index (χ3n) is 7.12. The average molecular weight is 389 g/mol. The van der Waals surface area contributed by atoms with Crippen molar-refractivity contribution in [1.82, 2.24) is 0 Å². The van der Waals surface area contributed by atoms with Crippen LogP contribution in [0.3, 0.4) is 0 Å². The molecule has 4 heteroatoms. The number of rotatable bonds is 0. The molecule has 148 valence electrons. The molecule has 4 aliphatic carbocycles. The molecule has 4 rings (SSSR count). The van der Waals surface area contributed by atoms with E-state index < -0.39 is 0 Å². The summed E-state index contributed by atoms with van der Waals surface area (Å²) in [4.78, 5) is 0. The van der Waals surface area contributed by atoms with Gasteiger partial charge in [0.1, 0.15) is 0 Å². The lowest BCUT2D eigenvalue weighted by atomic mass is 9.53. The monoisotopic (exact) mass is 388 g/mol. The van der Waals surface area contributed by atoms with E-state index in [1.807, 2.05) is 27.7 Å². The summed E-state index contributed by atoms with van der Waals surface area (Å²) in [6, 6.07) is 0. The van der Waals surface area contributed by atoms with Gasteiger partial charge in [0.25, 0.3) is 0 Å². The summed E-state index contributed by atoms with van der Waals surface area (Å²) >= 11 is 3.21. The summed E-state index contributed by atoms with van der Waals surface area (Å²) in [5, 5.41) is 9.89. The molecule has 7 unspecified atom stereocenters. The first-order chi connectivity index (χ1) is 12.2. The number of fused-ring (bicyclic) bond motifs is 5. The maximum Gasteiger partial charge on any atom is 0.223 e. The van der Waals surface area contributed by atoms with Gasteiger partial charge in [-0.2, -0.15) is 0 Å². The number of hydrogen-bond acceptors (Lipinski definition) is 2. The highest BCUT2D eigenvalue weighted by atomic mass is 32.7. The summed E-state index contributed by atoms with van der Waals surface area (Å²) in [6.45, 7) is 8.00. The molecule has 0 aromatic carbocycles. The van der Waals surface area contributed by atoms with Gasteiger partial charge in [-0.15, -0.1) is 0 Å². The molecule has 0 saturated heterocycles. The molecule has 0 aliphatic heterocycles. The number of thiol groups is 1. The van der Waals surface area contributed by atoms with E-state index in [0.717, 1.165) is 48.3 Å². The van der Waals surface area contributed by atoms with Gasteiger partial charge in [0.05, 0.1) is 6.10 Å². The topological polar surface area (TPSA) is 37.3 Å². The summed E-state index contributed by atoms with van der Waals surface area (Å²) < 4.78 is 8.77. The Morgan fingerprint density at radius 3 is 1.80 bits per heavy atom. The molecule has 0 radical (unpaired) electrons. The van der Waals surface area contributed by atoms with Crippen molar-refractivity contribution in [1.29, 1.82) is 0 Å². The summed E-state index contributed by atoms with van der Waals surface area (Å²) in [5.74, 6) is 6.23. The van der Waals surface area contributed by atoms with Crippen LogP contribution in [0.15, 0.2) is 0 Å². The zero-order chi connectivity index (χ0) is 18.8. The standard InChI is InChI=1S/C17H28O.2C2H6.HOPS/c18-13-6-9-15-12(10-13)5-8-16-14-3-1-2-11(14)4-7-17(15)16;2*1-2;1-2-3/h11-18H,1-10H2;2*1-2H3;(H,1,3).